The molecule has 36 heavy (non-hydrogen) atoms. The Balaban J connectivity index is -0.000000183. The van der Waals surface area contributed by atoms with Crippen molar-refractivity contribution >= 4 is 0 Å². The van der Waals surface area contributed by atoms with Crippen molar-refractivity contribution in [2.75, 3.05) is 14.2 Å². The topological polar surface area (TPSA) is 80.9 Å². The van der Waals surface area contributed by atoms with Gasteiger partial charge in [0.15, 0.2) is 0 Å². The molecule has 204 valence electrons. The summed E-state index contributed by atoms with van der Waals surface area (Å²) in [7, 11) is 2.00. The van der Waals surface area contributed by atoms with E-state index in [1.165, 1.54) is 5.56 Å². The zero-order valence-electron chi connectivity index (χ0n) is 24.0. The molecule has 0 saturated carbocycles. The lowest BCUT2D eigenvalue weighted by atomic mass is 9.85. The van der Waals surface area contributed by atoms with Gasteiger partial charge in [-0.25, -0.2) is 0 Å². The fourth-order valence-corrected chi connectivity index (χ4v) is 2.57. The fourth-order valence-electron chi connectivity index (χ4n) is 2.57. The SMILES string of the molecule is C1=CC2C=CC=CC2C=C1.CC.CC.CC.CCc1ccc(O)cc1.CO.CO.Oc1ccccc1. The van der Waals surface area contributed by atoms with E-state index >= 15 is 0 Å². The largest absolute Gasteiger partial charge is 0.508 e. The summed E-state index contributed by atoms with van der Waals surface area (Å²) in [5.41, 5.74) is 1.26. The Labute approximate surface area is 221 Å². The molecular formula is C32H52O4. The maximum Gasteiger partial charge on any atom is 0.115 e. The molecule has 0 heterocycles. The first-order valence-electron chi connectivity index (χ1n) is 12.8. The number of fused-ring (bicyclic) bond motifs is 1. The van der Waals surface area contributed by atoms with Crippen molar-refractivity contribution < 1.29 is 20.4 Å². The number of aromatic hydroxyl groups is 2. The van der Waals surface area contributed by atoms with Gasteiger partial charge in [-0.1, -0.05) is 127 Å². The molecule has 0 aliphatic heterocycles. The van der Waals surface area contributed by atoms with Gasteiger partial charge in [0.1, 0.15) is 11.5 Å². The Bertz CT molecular complexity index is 711. The third kappa shape index (κ3) is 22.7. The summed E-state index contributed by atoms with van der Waals surface area (Å²) >= 11 is 0. The minimum atomic E-state index is 0.322. The molecule has 0 atom stereocenters. The normalized spacial score (nSPS) is 14.4. The number of aryl methyl sites for hydroxylation is 1. The van der Waals surface area contributed by atoms with Gasteiger partial charge in [-0.05, 0) is 36.2 Å². The highest BCUT2D eigenvalue weighted by molar-refractivity contribution is 5.28. The van der Waals surface area contributed by atoms with Gasteiger partial charge in [-0.3, -0.25) is 0 Å². The second-order valence-corrected chi connectivity index (χ2v) is 6.05. The molecule has 0 bridgehead atoms. The maximum atomic E-state index is 8.85. The first-order chi connectivity index (χ1) is 17.7. The number of allylic oxidation sites excluding steroid dienone is 8. The van der Waals surface area contributed by atoms with E-state index in [0.29, 0.717) is 23.3 Å². The average molecular weight is 501 g/mol. The van der Waals surface area contributed by atoms with Gasteiger partial charge in [-0.15, -0.1) is 0 Å². The van der Waals surface area contributed by atoms with Gasteiger partial charge >= 0.3 is 0 Å². The van der Waals surface area contributed by atoms with Crippen molar-refractivity contribution in [2.45, 2.75) is 54.9 Å². The molecule has 0 unspecified atom stereocenters. The summed E-state index contributed by atoms with van der Waals surface area (Å²) in [6.45, 7) is 14.1. The molecule has 2 aromatic rings. The van der Waals surface area contributed by atoms with Crippen molar-refractivity contribution in [3.05, 3.63) is 109 Å². The van der Waals surface area contributed by atoms with Crippen molar-refractivity contribution in [3.63, 3.8) is 0 Å². The third-order valence-corrected chi connectivity index (χ3v) is 4.10. The first-order valence-corrected chi connectivity index (χ1v) is 12.8. The van der Waals surface area contributed by atoms with E-state index in [0.717, 1.165) is 20.6 Å². The standard InChI is InChI=1S/C10H10.C8H10O.C6H6O.3C2H6.2CH4O/c1-2-6-10-8-4-3-7-9(10)5-1;1-2-7-3-5-8(9)6-4-7;7-6-4-2-1-3-5-6;5*1-2/h1-10H;3-6,9H,2H2,1H3;1-5,7H;3*1-2H3;2*2H,1H3. The van der Waals surface area contributed by atoms with E-state index in [1.807, 2.05) is 59.7 Å². The molecule has 0 amide bonds. The molecule has 2 aliphatic rings. The highest BCUT2D eigenvalue weighted by atomic mass is 16.3. The number of aliphatic hydroxyl groups excluding tert-OH is 2. The quantitative estimate of drug-likeness (QED) is 0.319. The Morgan fingerprint density at radius 3 is 1.06 bits per heavy atom. The first kappa shape index (κ1) is 40.1. The summed E-state index contributed by atoms with van der Waals surface area (Å²) in [4.78, 5) is 0. The third-order valence-electron chi connectivity index (χ3n) is 4.10. The van der Waals surface area contributed by atoms with Crippen LogP contribution in [0.3, 0.4) is 0 Å². The summed E-state index contributed by atoms with van der Waals surface area (Å²) in [6, 6.07) is 16.0. The molecule has 0 saturated heterocycles. The van der Waals surface area contributed by atoms with Crippen LogP contribution < -0.4 is 0 Å². The number of benzene rings is 2. The van der Waals surface area contributed by atoms with E-state index in [2.05, 4.69) is 55.5 Å². The Hall–Kier alpha value is -3.08. The predicted molar refractivity (Wildman–Crippen MR) is 159 cm³/mol. The van der Waals surface area contributed by atoms with Crippen LogP contribution in [0.5, 0.6) is 11.5 Å². The van der Waals surface area contributed by atoms with Crippen LogP contribution in [-0.2, 0) is 6.42 Å². The van der Waals surface area contributed by atoms with Crippen LogP contribution in [0.15, 0.2) is 103 Å². The number of aliphatic hydroxyl groups is 2. The summed E-state index contributed by atoms with van der Waals surface area (Å²) < 4.78 is 0. The Morgan fingerprint density at radius 2 is 0.806 bits per heavy atom. The molecule has 4 heteroatoms. The van der Waals surface area contributed by atoms with Crippen LogP contribution in [-0.4, -0.2) is 34.6 Å². The molecular weight excluding hydrogens is 448 g/mol. The number of hydrogen-bond acceptors (Lipinski definition) is 4. The van der Waals surface area contributed by atoms with E-state index in [9.17, 15) is 0 Å². The van der Waals surface area contributed by atoms with Gasteiger partial charge in [0, 0.05) is 26.1 Å². The fraction of sp³-hybridized carbons (Fsp3) is 0.375. The lowest BCUT2D eigenvalue weighted by Gasteiger charge is -2.19. The van der Waals surface area contributed by atoms with Crippen LogP contribution in [0.4, 0.5) is 0 Å². The molecule has 2 aliphatic carbocycles. The van der Waals surface area contributed by atoms with Crippen molar-refractivity contribution in [1.29, 1.82) is 0 Å². The van der Waals surface area contributed by atoms with Crippen molar-refractivity contribution in [1.82, 2.24) is 0 Å². The molecule has 0 radical (unpaired) electrons. The number of phenols is 2. The molecule has 4 N–H and O–H groups in total. The van der Waals surface area contributed by atoms with Crippen LogP contribution in [0, 0.1) is 11.8 Å². The molecule has 4 rings (SSSR count). The van der Waals surface area contributed by atoms with Crippen LogP contribution >= 0.6 is 0 Å². The second-order valence-electron chi connectivity index (χ2n) is 6.05. The minimum Gasteiger partial charge on any atom is -0.508 e. The van der Waals surface area contributed by atoms with Crippen molar-refractivity contribution in [3.8, 4) is 11.5 Å². The van der Waals surface area contributed by atoms with Crippen LogP contribution in [0.2, 0.25) is 0 Å². The molecule has 0 fully saturated rings. The lowest BCUT2D eigenvalue weighted by Crippen LogP contribution is -2.09. The predicted octanol–water partition coefficient (Wildman–Crippen LogP) is 8.11. The zero-order chi connectivity index (χ0) is 28.6. The lowest BCUT2D eigenvalue weighted by molar-refractivity contribution is 0.399. The summed E-state index contributed by atoms with van der Waals surface area (Å²) in [6.07, 6.45) is 18.5. The van der Waals surface area contributed by atoms with E-state index < -0.39 is 0 Å². The van der Waals surface area contributed by atoms with Gasteiger partial charge in [0.25, 0.3) is 0 Å². The number of para-hydroxylation sites is 1. The smallest absolute Gasteiger partial charge is 0.115 e. The van der Waals surface area contributed by atoms with Crippen LogP contribution in [0.25, 0.3) is 0 Å². The highest BCUT2D eigenvalue weighted by Crippen LogP contribution is 2.24. The van der Waals surface area contributed by atoms with Gasteiger partial charge in [-0.2, -0.15) is 0 Å². The zero-order valence-corrected chi connectivity index (χ0v) is 24.0. The monoisotopic (exact) mass is 500 g/mol. The van der Waals surface area contributed by atoms with E-state index in [4.69, 9.17) is 20.4 Å². The molecule has 4 nitrogen and oxygen atoms in total. The van der Waals surface area contributed by atoms with Gasteiger partial charge in [0.2, 0.25) is 0 Å². The van der Waals surface area contributed by atoms with Crippen LogP contribution in [0.1, 0.15) is 54.0 Å². The van der Waals surface area contributed by atoms with E-state index in [-0.39, 0.29) is 0 Å². The second kappa shape index (κ2) is 34.1. The Morgan fingerprint density at radius 1 is 0.500 bits per heavy atom. The van der Waals surface area contributed by atoms with Gasteiger partial charge in [0.05, 0.1) is 0 Å². The minimum absolute atomic E-state index is 0.322. The van der Waals surface area contributed by atoms with Crippen molar-refractivity contribution in [2.24, 2.45) is 11.8 Å². The maximum absolute atomic E-state index is 8.85. The molecule has 0 aromatic heterocycles. The number of rotatable bonds is 1. The number of hydrogen-bond donors (Lipinski definition) is 4. The molecule has 2 aromatic carbocycles. The average Bonchev–Trinajstić information content (AvgIpc) is 3.00. The molecule has 0 spiro atoms. The highest BCUT2D eigenvalue weighted by Gasteiger charge is 2.13. The number of phenolic OH excluding ortho intramolecular Hbond substituents is 2. The summed E-state index contributed by atoms with van der Waals surface area (Å²) in [5, 5.41) is 31.5. The summed E-state index contributed by atoms with van der Waals surface area (Å²) in [5.74, 6) is 1.90. The van der Waals surface area contributed by atoms with E-state index in [1.54, 1.807) is 36.4 Å². The van der Waals surface area contributed by atoms with Gasteiger partial charge < -0.3 is 20.4 Å². The Kier molecular flexibility index (Phi) is 38.0.